The summed E-state index contributed by atoms with van der Waals surface area (Å²) in [6.45, 7) is 0.332. The molecule has 2 aromatic rings. The molecule has 146 valence electrons. The number of methoxy groups -OCH3 is 1. The molecule has 1 amide bonds. The van der Waals surface area contributed by atoms with Crippen LogP contribution in [-0.2, 0) is 0 Å². The number of amides is 1. The normalized spacial score (nSPS) is 12.6. The molecule has 0 spiro atoms. The van der Waals surface area contributed by atoms with Crippen LogP contribution in [0.25, 0.3) is 0 Å². The molecule has 2 aromatic carbocycles. The Bertz CT molecular complexity index is 744. The van der Waals surface area contributed by atoms with Crippen LogP contribution in [0.2, 0.25) is 0 Å². The Morgan fingerprint density at radius 2 is 1.59 bits per heavy atom. The Morgan fingerprint density at radius 1 is 1.04 bits per heavy atom. The molecule has 2 rings (SSSR count). The van der Waals surface area contributed by atoms with Gasteiger partial charge in [0.05, 0.1) is 13.2 Å². The van der Waals surface area contributed by atoms with Crippen molar-refractivity contribution >= 4 is 5.91 Å². The Kier molecular flexibility index (Phi) is 6.68. The van der Waals surface area contributed by atoms with Gasteiger partial charge in [0.25, 0.3) is 5.91 Å². The molecule has 27 heavy (non-hydrogen) atoms. The standard InChI is InChI=1S/C19H21F3N2O3/c1-24(2)17(13-4-8-15(26-3)9-5-13)12-23-18(25)14-6-10-16(11-7-14)27-19(20,21)22/h4-11,17H,12H2,1-3H3,(H,23,25)/t17-/m0/s1. The fourth-order valence-corrected chi connectivity index (χ4v) is 2.52. The predicted octanol–water partition coefficient (Wildman–Crippen LogP) is 3.63. The molecule has 5 nitrogen and oxygen atoms in total. The van der Waals surface area contributed by atoms with Crippen molar-refractivity contribution in [2.45, 2.75) is 12.4 Å². The zero-order valence-corrected chi connectivity index (χ0v) is 15.2. The van der Waals surface area contributed by atoms with Crippen LogP contribution in [0.1, 0.15) is 22.0 Å². The maximum Gasteiger partial charge on any atom is 0.573 e. The second-order valence-electron chi connectivity index (χ2n) is 6.03. The molecule has 1 atom stereocenters. The molecule has 0 aliphatic heterocycles. The van der Waals surface area contributed by atoms with Gasteiger partial charge in [0.15, 0.2) is 0 Å². The number of likely N-dealkylation sites (N-methyl/N-ethyl adjacent to an activating group) is 1. The second kappa shape index (κ2) is 8.77. The average molecular weight is 382 g/mol. The highest BCUT2D eigenvalue weighted by atomic mass is 19.4. The van der Waals surface area contributed by atoms with Crippen molar-refractivity contribution < 1.29 is 27.4 Å². The van der Waals surface area contributed by atoms with Crippen LogP contribution in [0.4, 0.5) is 13.2 Å². The summed E-state index contributed by atoms with van der Waals surface area (Å²) in [5, 5.41) is 2.80. The van der Waals surface area contributed by atoms with E-state index < -0.39 is 6.36 Å². The fourth-order valence-electron chi connectivity index (χ4n) is 2.52. The number of hydrogen-bond donors (Lipinski definition) is 1. The van der Waals surface area contributed by atoms with Crippen molar-refractivity contribution in [2.75, 3.05) is 27.7 Å². The van der Waals surface area contributed by atoms with Gasteiger partial charge >= 0.3 is 6.36 Å². The first-order valence-corrected chi connectivity index (χ1v) is 8.14. The molecule has 0 saturated carbocycles. The van der Waals surface area contributed by atoms with E-state index in [0.29, 0.717) is 6.54 Å². The summed E-state index contributed by atoms with van der Waals surface area (Å²) >= 11 is 0. The lowest BCUT2D eigenvalue weighted by molar-refractivity contribution is -0.274. The van der Waals surface area contributed by atoms with Crippen LogP contribution >= 0.6 is 0 Å². The van der Waals surface area contributed by atoms with Gasteiger partial charge in [0, 0.05) is 12.1 Å². The third-order valence-electron chi connectivity index (χ3n) is 3.93. The number of hydrogen-bond acceptors (Lipinski definition) is 4. The van der Waals surface area contributed by atoms with E-state index in [0.717, 1.165) is 23.4 Å². The number of benzene rings is 2. The Balaban J connectivity index is 2.00. The molecule has 0 radical (unpaired) electrons. The first kappa shape index (κ1) is 20.6. The number of nitrogens with zero attached hydrogens (tertiary/aromatic N) is 1. The summed E-state index contributed by atoms with van der Waals surface area (Å²) in [5.41, 5.74) is 1.24. The summed E-state index contributed by atoms with van der Waals surface area (Å²) in [5.74, 6) is -0.0150. The molecule has 0 aliphatic rings. The van der Waals surface area contributed by atoms with Gasteiger partial charge in [0.1, 0.15) is 11.5 Å². The summed E-state index contributed by atoms with van der Waals surface area (Å²) < 4.78 is 45.5. The molecular formula is C19H21F3N2O3. The monoisotopic (exact) mass is 382 g/mol. The highest BCUT2D eigenvalue weighted by Gasteiger charge is 2.31. The Labute approximate surface area is 155 Å². The highest BCUT2D eigenvalue weighted by Crippen LogP contribution is 2.23. The van der Waals surface area contributed by atoms with Crippen molar-refractivity contribution in [3.05, 3.63) is 59.7 Å². The minimum Gasteiger partial charge on any atom is -0.497 e. The summed E-state index contributed by atoms with van der Waals surface area (Å²) in [6.07, 6.45) is -4.76. The Morgan fingerprint density at radius 3 is 2.07 bits per heavy atom. The van der Waals surface area contributed by atoms with Gasteiger partial charge < -0.3 is 19.7 Å². The zero-order valence-electron chi connectivity index (χ0n) is 15.2. The third kappa shape index (κ3) is 6.18. The second-order valence-corrected chi connectivity index (χ2v) is 6.03. The van der Waals surface area contributed by atoms with E-state index in [2.05, 4.69) is 10.1 Å². The van der Waals surface area contributed by atoms with E-state index in [1.54, 1.807) is 7.11 Å². The van der Waals surface area contributed by atoms with E-state index in [1.807, 2.05) is 43.3 Å². The van der Waals surface area contributed by atoms with Crippen molar-refractivity contribution in [1.82, 2.24) is 10.2 Å². The minimum absolute atomic E-state index is 0.0762. The molecule has 8 heteroatoms. The van der Waals surface area contributed by atoms with Crippen molar-refractivity contribution in [3.8, 4) is 11.5 Å². The van der Waals surface area contributed by atoms with Gasteiger partial charge in [-0.2, -0.15) is 0 Å². The van der Waals surface area contributed by atoms with E-state index in [4.69, 9.17) is 4.74 Å². The molecular weight excluding hydrogens is 361 g/mol. The molecule has 1 N–H and O–H groups in total. The largest absolute Gasteiger partial charge is 0.573 e. The molecule has 0 bridgehead atoms. The van der Waals surface area contributed by atoms with Crippen LogP contribution in [0.5, 0.6) is 11.5 Å². The molecule has 0 unspecified atom stereocenters. The summed E-state index contributed by atoms with van der Waals surface area (Å²) in [7, 11) is 5.37. The van der Waals surface area contributed by atoms with E-state index in [1.165, 1.54) is 12.1 Å². The highest BCUT2D eigenvalue weighted by molar-refractivity contribution is 5.94. The molecule has 0 aliphatic carbocycles. The summed E-state index contributed by atoms with van der Waals surface area (Å²) in [4.78, 5) is 14.2. The SMILES string of the molecule is COc1ccc([C@H](CNC(=O)c2ccc(OC(F)(F)F)cc2)N(C)C)cc1. The lowest BCUT2D eigenvalue weighted by Gasteiger charge is -2.25. The topological polar surface area (TPSA) is 50.8 Å². The van der Waals surface area contributed by atoms with Crippen LogP contribution in [0.3, 0.4) is 0 Å². The lowest BCUT2D eigenvalue weighted by atomic mass is 10.1. The van der Waals surface area contributed by atoms with Gasteiger partial charge in [-0.1, -0.05) is 12.1 Å². The average Bonchev–Trinajstić information content (AvgIpc) is 2.61. The first-order chi connectivity index (χ1) is 12.7. The van der Waals surface area contributed by atoms with Gasteiger partial charge in [-0.3, -0.25) is 4.79 Å². The quantitative estimate of drug-likeness (QED) is 0.795. The van der Waals surface area contributed by atoms with Gasteiger partial charge in [-0.25, -0.2) is 0 Å². The lowest BCUT2D eigenvalue weighted by Crippen LogP contribution is -2.34. The van der Waals surface area contributed by atoms with Crippen LogP contribution in [-0.4, -0.2) is 44.9 Å². The van der Waals surface area contributed by atoms with Crippen molar-refractivity contribution in [2.24, 2.45) is 0 Å². The van der Waals surface area contributed by atoms with Gasteiger partial charge in [0.2, 0.25) is 0 Å². The van der Waals surface area contributed by atoms with E-state index in [-0.39, 0.29) is 23.3 Å². The van der Waals surface area contributed by atoms with E-state index in [9.17, 15) is 18.0 Å². The molecule has 0 aromatic heterocycles. The molecule has 0 saturated heterocycles. The van der Waals surface area contributed by atoms with Crippen molar-refractivity contribution in [1.29, 1.82) is 0 Å². The summed E-state index contributed by atoms with van der Waals surface area (Å²) in [6, 6.07) is 12.2. The van der Waals surface area contributed by atoms with Crippen molar-refractivity contribution in [3.63, 3.8) is 0 Å². The zero-order chi connectivity index (χ0) is 20.0. The number of nitrogens with one attached hydrogen (secondary N) is 1. The van der Waals surface area contributed by atoms with Gasteiger partial charge in [-0.15, -0.1) is 13.2 Å². The minimum atomic E-state index is -4.76. The maximum atomic E-state index is 12.3. The number of halogens is 3. The van der Waals surface area contributed by atoms with Crippen LogP contribution in [0, 0.1) is 0 Å². The first-order valence-electron chi connectivity index (χ1n) is 8.14. The number of rotatable bonds is 7. The molecule has 0 fully saturated rings. The third-order valence-corrected chi connectivity index (χ3v) is 3.93. The number of ether oxygens (including phenoxy) is 2. The Hall–Kier alpha value is -2.74. The molecule has 0 heterocycles. The number of carbonyl (C=O) groups excluding carboxylic acids is 1. The smallest absolute Gasteiger partial charge is 0.497 e. The maximum absolute atomic E-state index is 12.3. The van der Waals surface area contributed by atoms with Gasteiger partial charge in [-0.05, 0) is 56.1 Å². The number of carbonyl (C=O) groups is 1. The van der Waals surface area contributed by atoms with Crippen LogP contribution in [0.15, 0.2) is 48.5 Å². The number of alkyl halides is 3. The van der Waals surface area contributed by atoms with Crippen LogP contribution < -0.4 is 14.8 Å². The fraction of sp³-hybridized carbons (Fsp3) is 0.316. The predicted molar refractivity (Wildman–Crippen MR) is 94.9 cm³/mol. The van der Waals surface area contributed by atoms with E-state index >= 15 is 0 Å².